The molecule has 0 saturated carbocycles. The summed E-state index contributed by atoms with van der Waals surface area (Å²) in [5.41, 5.74) is 1.03. The van der Waals surface area contributed by atoms with E-state index in [0.29, 0.717) is 11.5 Å². The number of carbonyl (C=O) groups is 2. The molecule has 1 aliphatic carbocycles. The Kier molecular flexibility index (Phi) is 6.22. The number of benzene rings is 1. The van der Waals surface area contributed by atoms with Crippen LogP contribution in [0.1, 0.15) is 18.4 Å². The Labute approximate surface area is 147 Å². The van der Waals surface area contributed by atoms with Crippen molar-refractivity contribution < 1.29 is 28.5 Å². The molecule has 0 aromatic heterocycles. The van der Waals surface area contributed by atoms with Gasteiger partial charge in [0.05, 0.1) is 33.5 Å². The van der Waals surface area contributed by atoms with E-state index in [2.05, 4.69) is 0 Å². The van der Waals surface area contributed by atoms with E-state index in [0.717, 1.165) is 5.56 Å². The highest BCUT2D eigenvalue weighted by Crippen LogP contribution is 2.43. The van der Waals surface area contributed by atoms with Crippen LogP contribution >= 0.6 is 0 Å². The van der Waals surface area contributed by atoms with Gasteiger partial charge in [0.15, 0.2) is 0 Å². The largest absolute Gasteiger partial charge is 0.500 e. The fourth-order valence-electron chi connectivity index (χ4n) is 2.97. The minimum Gasteiger partial charge on any atom is -0.500 e. The molecule has 0 spiro atoms. The molecule has 0 fully saturated rings. The highest BCUT2D eigenvalue weighted by molar-refractivity contribution is 5.94. The first-order valence-corrected chi connectivity index (χ1v) is 7.92. The second-order valence-corrected chi connectivity index (χ2v) is 5.34. The number of carbonyl (C=O) groups excluding carboxylic acids is 2. The first kappa shape index (κ1) is 18.6. The van der Waals surface area contributed by atoms with E-state index in [1.807, 2.05) is 30.3 Å². The highest BCUT2D eigenvalue weighted by atomic mass is 16.5. The van der Waals surface area contributed by atoms with Gasteiger partial charge in [-0.2, -0.15) is 0 Å². The molecule has 1 aliphatic rings. The highest BCUT2D eigenvalue weighted by Gasteiger charge is 2.44. The number of allylic oxidation sites excluding steroid dienone is 1. The zero-order valence-corrected chi connectivity index (χ0v) is 14.8. The van der Waals surface area contributed by atoms with E-state index >= 15 is 0 Å². The molecular weight excluding hydrogens is 324 g/mol. The van der Waals surface area contributed by atoms with Crippen molar-refractivity contribution in [3.8, 4) is 0 Å². The molecule has 25 heavy (non-hydrogen) atoms. The standard InChI is InChI=1S/C19H22O6/c1-5-25-19(21)17-14(23-3)11-13(22-2)16(18(20)24-4)15(17)12-9-7-6-8-10-12/h6-11,15-16H,5H2,1-4H3/t15-,16-/m1/s1. The molecule has 0 saturated heterocycles. The van der Waals surface area contributed by atoms with Gasteiger partial charge in [-0.25, -0.2) is 4.79 Å². The molecule has 6 nitrogen and oxygen atoms in total. The molecule has 0 N–H and O–H groups in total. The second-order valence-electron chi connectivity index (χ2n) is 5.34. The quantitative estimate of drug-likeness (QED) is 0.737. The lowest BCUT2D eigenvalue weighted by atomic mass is 9.75. The maximum Gasteiger partial charge on any atom is 0.338 e. The Morgan fingerprint density at radius 1 is 1.04 bits per heavy atom. The van der Waals surface area contributed by atoms with Gasteiger partial charge < -0.3 is 18.9 Å². The molecule has 0 bridgehead atoms. The summed E-state index contributed by atoms with van der Waals surface area (Å²) >= 11 is 0. The number of hydrogen-bond acceptors (Lipinski definition) is 6. The average molecular weight is 346 g/mol. The van der Waals surface area contributed by atoms with E-state index in [4.69, 9.17) is 18.9 Å². The van der Waals surface area contributed by atoms with E-state index in [-0.39, 0.29) is 12.2 Å². The molecule has 0 heterocycles. The third-order valence-corrected chi connectivity index (χ3v) is 4.05. The SMILES string of the molecule is CCOC(=O)C1=C(OC)C=C(OC)[C@@H](C(=O)OC)[C@H]1c1ccccc1. The van der Waals surface area contributed by atoms with Crippen LogP contribution in [0.3, 0.4) is 0 Å². The third-order valence-electron chi connectivity index (χ3n) is 4.05. The first-order chi connectivity index (χ1) is 12.1. The molecule has 1 aromatic carbocycles. The molecule has 134 valence electrons. The predicted molar refractivity (Wildman–Crippen MR) is 90.4 cm³/mol. The smallest absolute Gasteiger partial charge is 0.338 e. The summed E-state index contributed by atoms with van der Waals surface area (Å²) in [6, 6.07) is 9.21. The van der Waals surface area contributed by atoms with Crippen LogP contribution in [0.2, 0.25) is 0 Å². The van der Waals surface area contributed by atoms with Gasteiger partial charge >= 0.3 is 11.9 Å². The fraction of sp³-hybridized carbons (Fsp3) is 0.368. The maximum atomic E-state index is 12.6. The van der Waals surface area contributed by atoms with Crippen LogP contribution < -0.4 is 0 Å². The van der Waals surface area contributed by atoms with Crippen LogP contribution in [-0.2, 0) is 28.5 Å². The van der Waals surface area contributed by atoms with Gasteiger partial charge in [0.2, 0.25) is 0 Å². The molecule has 6 heteroatoms. The lowest BCUT2D eigenvalue weighted by Gasteiger charge is -2.32. The Balaban J connectivity index is 2.70. The Hall–Kier alpha value is -2.76. The monoisotopic (exact) mass is 346 g/mol. The number of methoxy groups -OCH3 is 3. The maximum absolute atomic E-state index is 12.6. The van der Waals surface area contributed by atoms with Crippen LogP contribution in [-0.4, -0.2) is 39.9 Å². The third kappa shape index (κ3) is 3.68. The average Bonchev–Trinajstić information content (AvgIpc) is 2.66. The van der Waals surface area contributed by atoms with Crippen molar-refractivity contribution in [1.29, 1.82) is 0 Å². The summed E-state index contributed by atoms with van der Waals surface area (Å²) in [6.07, 6.45) is 1.54. The van der Waals surface area contributed by atoms with Crippen LogP contribution in [0.15, 0.2) is 53.5 Å². The second kappa shape index (κ2) is 8.37. The fourth-order valence-corrected chi connectivity index (χ4v) is 2.97. The number of ether oxygens (including phenoxy) is 4. The topological polar surface area (TPSA) is 71.1 Å². The van der Waals surface area contributed by atoms with E-state index < -0.39 is 23.8 Å². The zero-order chi connectivity index (χ0) is 18.4. The van der Waals surface area contributed by atoms with E-state index in [1.165, 1.54) is 27.4 Å². The molecule has 0 radical (unpaired) electrons. The minimum atomic E-state index is -0.810. The van der Waals surface area contributed by atoms with Gasteiger partial charge in [0.1, 0.15) is 17.4 Å². The van der Waals surface area contributed by atoms with Crippen LogP contribution in [0.5, 0.6) is 0 Å². The lowest BCUT2D eigenvalue weighted by molar-refractivity contribution is -0.146. The van der Waals surface area contributed by atoms with Crippen LogP contribution in [0.25, 0.3) is 0 Å². The van der Waals surface area contributed by atoms with Gasteiger partial charge in [-0.1, -0.05) is 30.3 Å². The van der Waals surface area contributed by atoms with Gasteiger partial charge in [-0.05, 0) is 12.5 Å². The Morgan fingerprint density at radius 3 is 2.24 bits per heavy atom. The van der Waals surface area contributed by atoms with Crippen LogP contribution in [0, 0.1) is 5.92 Å². The van der Waals surface area contributed by atoms with Crippen molar-refractivity contribution in [3.05, 3.63) is 59.1 Å². The number of hydrogen-bond donors (Lipinski definition) is 0. The van der Waals surface area contributed by atoms with Crippen molar-refractivity contribution in [2.45, 2.75) is 12.8 Å². The minimum absolute atomic E-state index is 0.213. The normalized spacial score (nSPS) is 19.8. The lowest BCUT2D eigenvalue weighted by Crippen LogP contribution is -2.34. The zero-order valence-electron chi connectivity index (χ0n) is 14.8. The van der Waals surface area contributed by atoms with E-state index in [1.54, 1.807) is 6.92 Å². The molecule has 2 rings (SSSR count). The van der Waals surface area contributed by atoms with Gasteiger partial charge in [0, 0.05) is 12.0 Å². The van der Waals surface area contributed by atoms with Gasteiger partial charge in [0.25, 0.3) is 0 Å². The van der Waals surface area contributed by atoms with Crippen molar-refractivity contribution in [1.82, 2.24) is 0 Å². The molecule has 0 aliphatic heterocycles. The van der Waals surface area contributed by atoms with Crippen molar-refractivity contribution in [2.24, 2.45) is 5.92 Å². The van der Waals surface area contributed by atoms with Gasteiger partial charge in [-0.15, -0.1) is 0 Å². The summed E-state index contributed by atoms with van der Waals surface area (Å²) in [6.45, 7) is 1.93. The summed E-state index contributed by atoms with van der Waals surface area (Å²) in [4.78, 5) is 25.1. The summed E-state index contributed by atoms with van der Waals surface area (Å²) in [7, 11) is 4.22. The van der Waals surface area contributed by atoms with Crippen molar-refractivity contribution >= 4 is 11.9 Å². The molecule has 1 aromatic rings. The van der Waals surface area contributed by atoms with Crippen LogP contribution in [0.4, 0.5) is 0 Å². The van der Waals surface area contributed by atoms with Crippen molar-refractivity contribution in [2.75, 3.05) is 27.9 Å². The molecule has 0 unspecified atom stereocenters. The summed E-state index contributed by atoms with van der Waals surface area (Å²) in [5, 5.41) is 0. The van der Waals surface area contributed by atoms with Gasteiger partial charge in [-0.3, -0.25) is 4.79 Å². The number of esters is 2. The number of rotatable bonds is 6. The Morgan fingerprint density at radius 2 is 1.72 bits per heavy atom. The predicted octanol–water partition coefficient (Wildman–Crippen LogP) is 2.57. The van der Waals surface area contributed by atoms with Crippen molar-refractivity contribution in [3.63, 3.8) is 0 Å². The summed E-state index contributed by atoms with van der Waals surface area (Å²) < 4.78 is 20.9. The molecule has 2 atom stereocenters. The van der Waals surface area contributed by atoms with E-state index in [9.17, 15) is 9.59 Å². The molecule has 0 amide bonds. The summed E-state index contributed by atoms with van der Waals surface area (Å²) in [5.74, 6) is -1.80. The first-order valence-electron chi connectivity index (χ1n) is 7.92. The molecular formula is C19H22O6. The Bertz CT molecular complexity index is 689.